The maximum absolute atomic E-state index is 12.9. The van der Waals surface area contributed by atoms with E-state index >= 15 is 0 Å². The van der Waals surface area contributed by atoms with Crippen LogP contribution in [-0.4, -0.2) is 65.3 Å². The second-order valence-corrected chi connectivity index (χ2v) is 7.97. The van der Waals surface area contributed by atoms with E-state index in [9.17, 15) is 4.79 Å². The Morgan fingerprint density at radius 2 is 2.10 bits per heavy atom. The van der Waals surface area contributed by atoms with Crippen LogP contribution in [0.4, 0.5) is 5.95 Å². The molecular formula is C22H25N5O4. The molecule has 0 bridgehead atoms. The lowest BCUT2D eigenvalue weighted by Gasteiger charge is -2.33. The SMILES string of the molecule is Cc1cc(-c2cnc(N3CCOCC3)nc2[C@@H]2CCCN(C(=O)c3ccco3)C2)on1. The van der Waals surface area contributed by atoms with Crippen molar-refractivity contribution in [1.29, 1.82) is 0 Å². The molecule has 5 rings (SSSR count). The fourth-order valence-electron chi connectivity index (χ4n) is 4.23. The van der Waals surface area contributed by atoms with Crippen LogP contribution in [0.3, 0.4) is 0 Å². The first-order valence-electron chi connectivity index (χ1n) is 10.6. The fraction of sp³-hybridized carbons (Fsp3) is 0.455. The summed E-state index contributed by atoms with van der Waals surface area (Å²) in [5.41, 5.74) is 2.52. The van der Waals surface area contributed by atoms with Gasteiger partial charge in [-0.05, 0) is 31.9 Å². The number of carbonyl (C=O) groups excluding carboxylic acids is 1. The van der Waals surface area contributed by atoms with Gasteiger partial charge in [0.15, 0.2) is 11.5 Å². The van der Waals surface area contributed by atoms with Crippen LogP contribution in [0.15, 0.2) is 39.6 Å². The van der Waals surface area contributed by atoms with Crippen molar-refractivity contribution in [2.24, 2.45) is 0 Å². The average Bonchev–Trinajstić information content (AvgIpc) is 3.51. The van der Waals surface area contributed by atoms with Crippen molar-refractivity contribution in [3.05, 3.63) is 47.8 Å². The topological polar surface area (TPSA) is 97.7 Å². The Morgan fingerprint density at radius 1 is 1.23 bits per heavy atom. The Morgan fingerprint density at radius 3 is 2.84 bits per heavy atom. The van der Waals surface area contributed by atoms with Crippen LogP contribution in [0.2, 0.25) is 0 Å². The molecular weight excluding hydrogens is 398 g/mol. The molecule has 9 heteroatoms. The van der Waals surface area contributed by atoms with Crippen molar-refractivity contribution in [2.75, 3.05) is 44.3 Å². The number of aryl methyl sites for hydroxylation is 1. The normalized spacial score (nSPS) is 19.6. The van der Waals surface area contributed by atoms with E-state index in [0.717, 1.165) is 42.9 Å². The minimum absolute atomic E-state index is 0.0656. The van der Waals surface area contributed by atoms with Gasteiger partial charge in [-0.1, -0.05) is 5.16 Å². The number of carbonyl (C=O) groups is 1. The van der Waals surface area contributed by atoms with Crippen LogP contribution in [-0.2, 0) is 4.74 Å². The van der Waals surface area contributed by atoms with Gasteiger partial charge in [-0.15, -0.1) is 0 Å². The van der Waals surface area contributed by atoms with Crippen molar-refractivity contribution < 1.29 is 18.5 Å². The monoisotopic (exact) mass is 423 g/mol. The molecule has 0 aromatic carbocycles. The molecule has 0 saturated carbocycles. The zero-order chi connectivity index (χ0) is 21.2. The first kappa shape index (κ1) is 19.7. The molecule has 0 N–H and O–H groups in total. The van der Waals surface area contributed by atoms with Gasteiger partial charge in [0.2, 0.25) is 5.95 Å². The second-order valence-electron chi connectivity index (χ2n) is 7.97. The fourth-order valence-corrected chi connectivity index (χ4v) is 4.23. The predicted molar refractivity (Wildman–Crippen MR) is 112 cm³/mol. The van der Waals surface area contributed by atoms with E-state index in [1.54, 1.807) is 12.1 Å². The van der Waals surface area contributed by atoms with E-state index in [0.29, 0.717) is 43.8 Å². The molecule has 3 aromatic rings. The highest BCUT2D eigenvalue weighted by molar-refractivity contribution is 5.91. The summed E-state index contributed by atoms with van der Waals surface area (Å²) in [5.74, 6) is 1.68. The highest BCUT2D eigenvalue weighted by Crippen LogP contribution is 2.34. The van der Waals surface area contributed by atoms with Crippen LogP contribution in [0.25, 0.3) is 11.3 Å². The quantitative estimate of drug-likeness (QED) is 0.632. The molecule has 9 nitrogen and oxygen atoms in total. The average molecular weight is 423 g/mol. The number of hydrogen-bond donors (Lipinski definition) is 0. The second kappa shape index (κ2) is 8.50. The van der Waals surface area contributed by atoms with Gasteiger partial charge in [0.25, 0.3) is 5.91 Å². The Hall–Kier alpha value is -3.20. The molecule has 0 unspecified atom stereocenters. The number of nitrogens with zero attached hydrogens (tertiary/aromatic N) is 5. The van der Waals surface area contributed by atoms with Crippen LogP contribution in [0.1, 0.15) is 40.7 Å². The minimum atomic E-state index is -0.0887. The number of likely N-dealkylation sites (tertiary alicyclic amines) is 1. The number of anilines is 1. The molecule has 1 amide bonds. The lowest BCUT2D eigenvalue weighted by atomic mass is 9.91. The first-order valence-corrected chi connectivity index (χ1v) is 10.6. The third-order valence-corrected chi connectivity index (χ3v) is 5.82. The van der Waals surface area contributed by atoms with Gasteiger partial charge in [0, 0.05) is 44.4 Å². The smallest absolute Gasteiger partial charge is 0.289 e. The summed E-state index contributed by atoms with van der Waals surface area (Å²) in [7, 11) is 0. The molecule has 3 aromatic heterocycles. The van der Waals surface area contributed by atoms with Gasteiger partial charge in [0.1, 0.15) is 0 Å². The zero-order valence-electron chi connectivity index (χ0n) is 17.5. The third-order valence-electron chi connectivity index (χ3n) is 5.82. The highest BCUT2D eigenvalue weighted by atomic mass is 16.5. The molecule has 31 heavy (non-hydrogen) atoms. The van der Waals surface area contributed by atoms with Gasteiger partial charge >= 0.3 is 0 Å². The number of ether oxygens (including phenoxy) is 1. The van der Waals surface area contributed by atoms with Gasteiger partial charge in [-0.25, -0.2) is 9.97 Å². The van der Waals surface area contributed by atoms with Gasteiger partial charge in [-0.2, -0.15) is 0 Å². The molecule has 5 heterocycles. The van der Waals surface area contributed by atoms with Crippen molar-refractivity contribution in [1.82, 2.24) is 20.0 Å². The van der Waals surface area contributed by atoms with Crippen LogP contribution in [0.5, 0.6) is 0 Å². The maximum atomic E-state index is 12.9. The summed E-state index contributed by atoms with van der Waals surface area (Å²) in [6.07, 6.45) is 5.17. The number of furan rings is 1. The number of morpholine rings is 1. The first-order chi connectivity index (χ1) is 15.2. The Bertz CT molecular complexity index is 1040. The predicted octanol–water partition coefficient (Wildman–Crippen LogP) is 2.89. The Balaban J connectivity index is 1.48. The number of amides is 1. The number of rotatable bonds is 4. The van der Waals surface area contributed by atoms with E-state index in [1.165, 1.54) is 6.26 Å². The molecule has 2 aliphatic heterocycles. The third kappa shape index (κ3) is 4.05. The minimum Gasteiger partial charge on any atom is -0.459 e. The number of piperidine rings is 1. The van der Waals surface area contributed by atoms with E-state index in [-0.39, 0.29) is 11.8 Å². The maximum Gasteiger partial charge on any atom is 0.289 e. The summed E-state index contributed by atoms with van der Waals surface area (Å²) in [6.45, 7) is 6.00. The summed E-state index contributed by atoms with van der Waals surface area (Å²) >= 11 is 0. The molecule has 0 spiro atoms. The number of aromatic nitrogens is 3. The summed E-state index contributed by atoms with van der Waals surface area (Å²) in [5, 5.41) is 4.03. The van der Waals surface area contributed by atoms with Gasteiger partial charge in [0.05, 0.1) is 36.4 Å². The highest BCUT2D eigenvalue weighted by Gasteiger charge is 2.31. The van der Waals surface area contributed by atoms with Crippen molar-refractivity contribution in [2.45, 2.75) is 25.7 Å². The van der Waals surface area contributed by atoms with E-state index in [4.69, 9.17) is 18.7 Å². The van der Waals surface area contributed by atoms with Crippen molar-refractivity contribution in [3.8, 4) is 11.3 Å². The molecule has 0 radical (unpaired) electrons. The summed E-state index contributed by atoms with van der Waals surface area (Å²) in [4.78, 5) is 26.4. The summed E-state index contributed by atoms with van der Waals surface area (Å²) in [6, 6.07) is 5.33. The van der Waals surface area contributed by atoms with Gasteiger partial charge < -0.3 is 23.5 Å². The Labute approximate surface area is 180 Å². The largest absolute Gasteiger partial charge is 0.459 e. The van der Waals surface area contributed by atoms with Crippen LogP contribution < -0.4 is 4.90 Å². The number of hydrogen-bond acceptors (Lipinski definition) is 8. The molecule has 2 saturated heterocycles. The zero-order valence-corrected chi connectivity index (χ0v) is 17.5. The van der Waals surface area contributed by atoms with E-state index < -0.39 is 0 Å². The van der Waals surface area contributed by atoms with Crippen LogP contribution in [0, 0.1) is 6.92 Å². The van der Waals surface area contributed by atoms with Crippen molar-refractivity contribution in [3.63, 3.8) is 0 Å². The lowest BCUT2D eigenvalue weighted by molar-refractivity contribution is 0.0673. The van der Waals surface area contributed by atoms with E-state index in [2.05, 4.69) is 15.0 Å². The van der Waals surface area contributed by atoms with Crippen LogP contribution >= 0.6 is 0 Å². The Kier molecular flexibility index (Phi) is 5.42. The lowest BCUT2D eigenvalue weighted by Crippen LogP contribution is -2.40. The van der Waals surface area contributed by atoms with Gasteiger partial charge in [-0.3, -0.25) is 4.79 Å². The molecule has 2 aliphatic rings. The van der Waals surface area contributed by atoms with Crippen molar-refractivity contribution >= 4 is 11.9 Å². The molecule has 0 aliphatic carbocycles. The standard InChI is InChI=1S/C22H25N5O4/c1-15-12-19(31-25-15)17-13-23-22(26-7-10-29-11-8-26)24-20(17)16-4-2-6-27(14-16)21(28)18-5-3-9-30-18/h3,5,9,12-13,16H,2,4,6-8,10-11,14H2,1H3/t16-/m1/s1. The molecule has 2 fully saturated rings. The molecule has 162 valence electrons. The molecule has 1 atom stereocenters. The summed E-state index contributed by atoms with van der Waals surface area (Å²) < 4.78 is 16.3. The van der Waals surface area contributed by atoms with E-state index in [1.807, 2.05) is 24.1 Å².